The van der Waals surface area contributed by atoms with Crippen LogP contribution in [0.25, 0.3) is 6.08 Å². The van der Waals surface area contributed by atoms with Crippen LogP contribution in [0.5, 0.6) is 11.5 Å². The normalized spacial score (nSPS) is 10.9. The van der Waals surface area contributed by atoms with Crippen molar-refractivity contribution >= 4 is 18.0 Å². The molecule has 0 aliphatic rings. The maximum absolute atomic E-state index is 12.4. The highest BCUT2D eigenvalue weighted by Crippen LogP contribution is 2.30. The van der Waals surface area contributed by atoms with E-state index in [0.29, 0.717) is 22.8 Å². The fraction of sp³-hybridized carbons (Fsp3) is 0.227. The number of nitriles is 1. The van der Waals surface area contributed by atoms with Crippen LogP contribution >= 0.6 is 0 Å². The largest absolute Gasteiger partial charge is 0.493 e. The zero-order valence-corrected chi connectivity index (χ0v) is 16.2. The summed E-state index contributed by atoms with van der Waals surface area (Å²) in [6.45, 7) is 4.15. The molecule has 2 aromatic carbocycles. The second-order valence-corrected chi connectivity index (χ2v) is 6.24. The van der Waals surface area contributed by atoms with Crippen LogP contribution < -0.4 is 9.47 Å². The molecule has 0 fully saturated rings. The summed E-state index contributed by atoms with van der Waals surface area (Å²) < 4.78 is 15.3. The van der Waals surface area contributed by atoms with Gasteiger partial charge in [0.05, 0.1) is 19.8 Å². The Labute approximate surface area is 164 Å². The summed E-state index contributed by atoms with van der Waals surface area (Å²) in [6.07, 6.45) is 1.37. The molecular formula is C22H21NO5. The van der Waals surface area contributed by atoms with Gasteiger partial charge in [-0.3, -0.25) is 0 Å². The molecule has 0 N–H and O–H groups in total. The number of carbonyl (C=O) groups excluding carboxylic acids is 2. The van der Waals surface area contributed by atoms with Crippen molar-refractivity contribution < 1.29 is 23.8 Å². The molecule has 0 spiro atoms. The molecular weight excluding hydrogens is 358 g/mol. The van der Waals surface area contributed by atoms with Crippen molar-refractivity contribution in [1.82, 2.24) is 0 Å². The number of ether oxygens (including phenoxy) is 3. The number of nitrogens with zero attached hydrogens (tertiary/aromatic N) is 1. The lowest BCUT2D eigenvalue weighted by atomic mass is 10.0. The van der Waals surface area contributed by atoms with Crippen molar-refractivity contribution in [2.75, 3.05) is 14.2 Å². The van der Waals surface area contributed by atoms with Gasteiger partial charge < -0.3 is 14.2 Å². The number of hydrogen-bond donors (Lipinski definition) is 0. The average Bonchev–Trinajstić information content (AvgIpc) is 2.72. The summed E-state index contributed by atoms with van der Waals surface area (Å²) in [7, 11) is 2.63. The van der Waals surface area contributed by atoms with E-state index in [1.165, 1.54) is 26.4 Å². The molecule has 0 unspecified atom stereocenters. The minimum Gasteiger partial charge on any atom is -0.493 e. The van der Waals surface area contributed by atoms with Gasteiger partial charge in [0.2, 0.25) is 0 Å². The van der Waals surface area contributed by atoms with E-state index in [0.717, 1.165) is 5.56 Å². The highest BCUT2D eigenvalue weighted by molar-refractivity contribution is 5.98. The smallest absolute Gasteiger partial charge is 0.348 e. The van der Waals surface area contributed by atoms with Crippen LogP contribution in [-0.2, 0) is 9.53 Å². The summed E-state index contributed by atoms with van der Waals surface area (Å²) in [4.78, 5) is 23.9. The lowest BCUT2D eigenvalue weighted by molar-refractivity contribution is -0.135. The quantitative estimate of drug-likeness (QED) is 0.325. The molecule has 0 amide bonds. The molecule has 6 heteroatoms. The highest BCUT2D eigenvalue weighted by atomic mass is 16.6. The Bertz CT molecular complexity index is 936. The lowest BCUT2D eigenvalue weighted by Crippen LogP contribution is -2.09. The van der Waals surface area contributed by atoms with Crippen molar-refractivity contribution in [3.63, 3.8) is 0 Å². The summed E-state index contributed by atoms with van der Waals surface area (Å²) in [5.74, 6) is -0.350. The molecule has 0 radical (unpaired) electrons. The van der Waals surface area contributed by atoms with E-state index in [9.17, 15) is 9.59 Å². The number of esters is 2. The zero-order chi connectivity index (χ0) is 20.7. The number of methoxy groups -OCH3 is 2. The van der Waals surface area contributed by atoms with E-state index in [1.807, 2.05) is 12.1 Å². The van der Waals surface area contributed by atoms with E-state index >= 15 is 0 Å². The van der Waals surface area contributed by atoms with Gasteiger partial charge in [-0.15, -0.1) is 0 Å². The fourth-order valence-corrected chi connectivity index (χ4v) is 2.43. The first-order chi connectivity index (χ1) is 13.4. The van der Waals surface area contributed by atoms with E-state index in [4.69, 9.17) is 14.7 Å². The molecule has 0 aromatic heterocycles. The number of rotatable bonds is 6. The van der Waals surface area contributed by atoms with E-state index in [1.54, 1.807) is 30.3 Å². The maximum atomic E-state index is 12.4. The van der Waals surface area contributed by atoms with Crippen LogP contribution in [-0.4, -0.2) is 26.2 Å². The van der Waals surface area contributed by atoms with E-state index < -0.39 is 11.9 Å². The second kappa shape index (κ2) is 9.38. The number of carbonyl (C=O) groups is 2. The summed E-state index contributed by atoms with van der Waals surface area (Å²) in [5.41, 5.74) is 1.93. The third-order valence-corrected chi connectivity index (χ3v) is 4.04. The monoisotopic (exact) mass is 379 g/mol. The van der Waals surface area contributed by atoms with Crippen molar-refractivity contribution in [3.05, 3.63) is 64.7 Å². The Balaban J connectivity index is 2.24. The van der Waals surface area contributed by atoms with Crippen LogP contribution in [0.3, 0.4) is 0 Å². The molecule has 28 heavy (non-hydrogen) atoms. The minimum absolute atomic E-state index is 0.153. The van der Waals surface area contributed by atoms with Crippen molar-refractivity contribution in [1.29, 1.82) is 5.26 Å². The molecule has 0 aliphatic heterocycles. The molecule has 0 heterocycles. The molecule has 2 rings (SSSR count). The van der Waals surface area contributed by atoms with Gasteiger partial charge in [-0.2, -0.15) is 5.26 Å². The van der Waals surface area contributed by atoms with Gasteiger partial charge in [0.15, 0.2) is 11.5 Å². The predicted octanol–water partition coefficient (Wildman–Crippen LogP) is 4.12. The molecule has 2 aromatic rings. The second-order valence-electron chi connectivity index (χ2n) is 6.24. The zero-order valence-electron chi connectivity index (χ0n) is 16.2. The van der Waals surface area contributed by atoms with Gasteiger partial charge in [0.25, 0.3) is 0 Å². The third kappa shape index (κ3) is 4.98. The number of benzene rings is 2. The van der Waals surface area contributed by atoms with Gasteiger partial charge >= 0.3 is 11.9 Å². The Kier molecular flexibility index (Phi) is 6.94. The van der Waals surface area contributed by atoms with Crippen LogP contribution in [0.1, 0.15) is 41.3 Å². The predicted molar refractivity (Wildman–Crippen MR) is 104 cm³/mol. The Morgan fingerprint density at radius 3 is 2.25 bits per heavy atom. The first kappa shape index (κ1) is 20.7. The average molecular weight is 379 g/mol. The van der Waals surface area contributed by atoms with Crippen LogP contribution in [0.4, 0.5) is 0 Å². The lowest BCUT2D eigenvalue weighted by Gasteiger charge is -2.11. The van der Waals surface area contributed by atoms with Crippen LogP contribution in [0, 0.1) is 11.3 Å². The molecule has 0 saturated heterocycles. The van der Waals surface area contributed by atoms with E-state index in [2.05, 4.69) is 18.6 Å². The van der Waals surface area contributed by atoms with Crippen molar-refractivity contribution in [2.45, 2.75) is 19.8 Å². The SMILES string of the molecule is COC(=O)/C(C#N)=C/c1ccc(OC(=O)c2ccc(C(C)C)cc2)c(OC)c1. The van der Waals surface area contributed by atoms with E-state index in [-0.39, 0.29) is 11.3 Å². The minimum atomic E-state index is -0.734. The van der Waals surface area contributed by atoms with Crippen molar-refractivity contribution in [3.8, 4) is 17.6 Å². The highest BCUT2D eigenvalue weighted by Gasteiger charge is 2.14. The summed E-state index contributed by atoms with van der Waals surface area (Å²) >= 11 is 0. The van der Waals surface area contributed by atoms with Crippen molar-refractivity contribution in [2.24, 2.45) is 0 Å². The van der Waals surface area contributed by atoms with Gasteiger partial charge in [0.1, 0.15) is 11.6 Å². The Morgan fingerprint density at radius 1 is 1.04 bits per heavy atom. The Hall–Kier alpha value is -3.59. The summed E-state index contributed by atoms with van der Waals surface area (Å²) in [5, 5.41) is 9.05. The molecule has 0 saturated carbocycles. The first-order valence-electron chi connectivity index (χ1n) is 8.59. The Morgan fingerprint density at radius 2 is 1.71 bits per heavy atom. The molecule has 144 valence electrons. The topological polar surface area (TPSA) is 85.6 Å². The van der Waals surface area contributed by atoms with Crippen LogP contribution in [0.2, 0.25) is 0 Å². The third-order valence-electron chi connectivity index (χ3n) is 4.04. The number of hydrogen-bond acceptors (Lipinski definition) is 6. The first-order valence-corrected chi connectivity index (χ1v) is 8.59. The van der Waals surface area contributed by atoms with Gasteiger partial charge in [-0.05, 0) is 47.4 Å². The molecule has 0 bridgehead atoms. The van der Waals surface area contributed by atoms with Gasteiger partial charge in [-0.1, -0.05) is 32.0 Å². The fourth-order valence-electron chi connectivity index (χ4n) is 2.43. The van der Waals surface area contributed by atoms with Crippen LogP contribution in [0.15, 0.2) is 48.0 Å². The van der Waals surface area contributed by atoms with Gasteiger partial charge in [0, 0.05) is 0 Å². The molecule has 0 atom stereocenters. The molecule has 0 aliphatic carbocycles. The molecule has 6 nitrogen and oxygen atoms in total. The summed E-state index contributed by atoms with van der Waals surface area (Å²) in [6, 6.07) is 13.7. The standard InChI is InChI=1S/C22H21NO5/c1-14(2)16-6-8-17(9-7-16)22(25)28-19-10-5-15(12-20(19)26-3)11-18(13-23)21(24)27-4/h5-12,14H,1-4H3/b18-11+. The van der Waals surface area contributed by atoms with Gasteiger partial charge in [-0.25, -0.2) is 9.59 Å². The maximum Gasteiger partial charge on any atom is 0.348 e.